The lowest BCUT2D eigenvalue weighted by Crippen LogP contribution is -2.22. The molecule has 0 unspecified atom stereocenters. The van der Waals surface area contributed by atoms with Crippen molar-refractivity contribution < 1.29 is 14.6 Å². The zero-order valence-electron chi connectivity index (χ0n) is 21.1. The molecule has 1 aliphatic rings. The Morgan fingerprint density at radius 2 is 1.81 bits per heavy atom. The third-order valence-electron chi connectivity index (χ3n) is 6.81. The minimum absolute atomic E-state index is 0.0399. The number of anilines is 1. The van der Waals surface area contributed by atoms with E-state index in [1.54, 1.807) is 30.1 Å². The normalized spacial score (nSPS) is 12.2. The van der Waals surface area contributed by atoms with E-state index in [0.717, 1.165) is 50.2 Å². The topological polar surface area (TPSA) is 62.7 Å². The molecule has 0 atom stereocenters. The minimum atomic E-state index is -0.840. The monoisotopic (exact) mass is 530 g/mol. The van der Waals surface area contributed by atoms with E-state index in [1.807, 2.05) is 13.0 Å². The third kappa shape index (κ3) is 4.79. The predicted octanol–water partition coefficient (Wildman–Crippen LogP) is 8.01. The number of rotatable bonds is 6. The maximum absolute atomic E-state index is 12.0. The molecule has 0 amide bonds. The van der Waals surface area contributed by atoms with Crippen LogP contribution in [0.15, 0.2) is 60.7 Å². The molecule has 5 nitrogen and oxygen atoms in total. The largest absolute Gasteiger partial charge is 0.481 e. The van der Waals surface area contributed by atoms with Crippen LogP contribution in [0.4, 0.5) is 5.69 Å². The Morgan fingerprint density at radius 3 is 2.49 bits per heavy atom. The second-order valence-electron chi connectivity index (χ2n) is 9.20. The molecule has 0 spiro atoms. The van der Waals surface area contributed by atoms with E-state index in [0.29, 0.717) is 23.3 Å². The van der Waals surface area contributed by atoms with Gasteiger partial charge >= 0.3 is 5.97 Å². The highest BCUT2D eigenvalue weighted by Gasteiger charge is 2.30. The fourth-order valence-corrected chi connectivity index (χ4v) is 5.95. The van der Waals surface area contributed by atoms with Crippen LogP contribution in [0.3, 0.4) is 0 Å². The molecule has 3 aromatic carbocycles. The Balaban J connectivity index is 1.75. The number of carbonyl (C=O) groups is 1. The number of aromatic nitrogens is 1. The molecule has 0 fully saturated rings. The molecule has 188 valence electrons. The maximum atomic E-state index is 12.0. The second-order valence-corrected chi connectivity index (χ2v) is 10.4. The summed E-state index contributed by atoms with van der Waals surface area (Å²) >= 11 is 7.70. The van der Waals surface area contributed by atoms with Crippen LogP contribution in [0.25, 0.3) is 22.3 Å². The van der Waals surface area contributed by atoms with Crippen molar-refractivity contribution >= 4 is 35.2 Å². The molecule has 0 bridgehead atoms. The lowest BCUT2D eigenvalue weighted by Gasteiger charge is -2.36. The smallest absolute Gasteiger partial charge is 0.307 e. The predicted molar refractivity (Wildman–Crippen MR) is 152 cm³/mol. The summed E-state index contributed by atoms with van der Waals surface area (Å²) in [6, 6.07) is 19.7. The van der Waals surface area contributed by atoms with E-state index in [4.69, 9.17) is 16.3 Å². The molecule has 4 aromatic rings. The number of aliphatic carboxylic acids is 1. The SMILES string of the molecule is CSN1Cc2ccc(Oc3cccc(Cl)n3)cc2-c2c(C)c(-c3ccc(C)cc3)c(CC(=O)O)c(C)c21. The molecule has 1 N–H and O–H groups in total. The number of benzene rings is 3. The Morgan fingerprint density at radius 1 is 1.05 bits per heavy atom. The standard InChI is InChI=1S/C30H27ClN2O3S/c1-17-8-10-20(11-9-17)28-19(3)29-24-14-22(36-26-7-5-6-25(31)32-26)13-12-21(24)16-33(37-4)30(29)18(2)23(28)15-27(34)35/h5-14H,15-16H2,1-4H3,(H,34,35). The number of fused-ring (bicyclic) bond motifs is 3. The third-order valence-corrected chi connectivity index (χ3v) is 7.77. The lowest BCUT2D eigenvalue weighted by atomic mass is 9.81. The minimum Gasteiger partial charge on any atom is -0.481 e. The zero-order chi connectivity index (χ0) is 26.3. The van der Waals surface area contributed by atoms with Gasteiger partial charge in [0, 0.05) is 17.9 Å². The fraction of sp³-hybridized carbons (Fsp3) is 0.200. The molecule has 1 aliphatic heterocycles. The van der Waals surface area contributed by atoms with Gasteiger partial charge in [0.2, 0.25) is 5.88 Å². The first-order valence-corrected chi connectivity index (χ1v) is 13.5. The summed E-state index contributed by atoms with van der Waals surface area (Å²) in [5.41, 5.74) is 10.5. The average Bonchev–Trinajstić information content (AvgIpc) is 2.87. The number of pyridine rings is 1. The fourth-order valence-electron chi connectivity index (χ4n) is 5.12. The van der Waals surface area contributed by atoms with Gasteiger partial charge in [-0.2, -0.15) is 0 Å². The molecule has 0 saturated heterocycles. The number of hydrogen-bond donors (Lipinski definition) is 1. The average molecular weight is 531 g/mol. The van der Waals surface area contributed by atoms with Gasteiger partial charge in [-0.3, -0.25) is 4.79 Å². The highest BCUT2D eigenvalue weighted by Crippen LogP contribution is 2.51. The van der Waals surface area contributed by atoms with Crippen molar-refractivity contribution in [3.05, 3.63) is 93.6 Å². The first-order valence-electron chi connectivity index (χ1n) is 12.0. The first-order chi connectivity index (χ1) is 17.8. The summed E-state index contributed by atoms with van der Waals surface area (Å²) in [4.78, 5) is 16.2. The summed E-state index contributed by atoms with van der Waals surface area (Å²) in [7, 11) is 0. The van der Waals surface area contributed by atoms with E-state index in [1.165, 1.54) is 5.56 Å². The summed E-state index contributed by atoms with van der Waals surface area (Å²) in [5, 5.41) is 10.2. The van der Waals surface area contributed by atoms with Gasteiger partial charge in [-0.1, -0.05) is 65.5 Å². The number of halogens is 1. The van der Waals surface area contributed by atoms with Crippen LogP contribution in [0.5, 0.6) is 11.6 Å². The molecule has 0 radical (unpaired) electrons. The lowest BCUT2D eigenvalue weighted by molar-refractivity contribution is -0.136. The highest BCUT2D eigenvalue weighted by atomic mass is 35.5. The van der Waals surface area contributed by atoms with E-state index in [2.05, 4.69) is 65.8 Å². The number of carboxylic acid groups (broad SMARTS) is 1. The molecular formula is C30H27ClN2O3S. The molecular weight excluding hydrogens is 504 g/mol. The zero-order valence-corrected chi connectivity index (χ0v) is 22.7. The highest BCUT2D eigenvalue weighted by molar-refractivity contribution is 7.99. The molecule has 7 heteroatoms. The number of aryl methyl sites for hydroxylation is 1. The van der Waals surface area contributed by atoms with E-state index >= 15 is 0 Å². The Bertz CT molecular complexity index is 1520. The van der Waals surface area contributed by atoms with Crippen molar-refractivity contribution in [2.45, 2.75) is 33.7 Å². The van der Waals surface area contributed by atoms with Crippen LogP contribution in [0.2, 0.25) is 5.15 Å². The maximum Gasteiger partial charge on any atom is 0.307 e. The Kier molecular flexibility index (Phi) is 6.88. The number of ether oxygens (including phenoxy) is 1. The van der Waals surface area contributed by atoms with Crippen molar-refractivity contribution in [1.82, 2.24) is 4.98 Å². The quantitative estimate of drug-likeness (QED) is 0.201. The Hall–Kier alpha value is -3.48. The van der Waals surface area contributed by atoms with Crippen molar-refractivity contribution in [2.75, 3.05) is 10.6 Å². The van der Waals surface area contributed by atoms with Crippen LogP contribution >= 0.6 is 23.5 Å². The van der Waals surface area contributed by atoms with Gasteiger partial charge in [0.1, 0.15) is 10.9 Å². The van der Waals surface area contributed by atoms with E-state index < -0.39 is 5.97 Å². The molecule has 0 saturated carbocycles. The summed E-state index contributed by atoms with van der Waals surface area (Å²) in [5.74, 6) is 0.257. The number of nitrogens with zero attached hydrogens (tertiary/aromatic N) is 2. The van der Waals surface area contributed by atoms with Crippen molar-refractivity contribution in [1.29, 1.82) is 0 Å². The van der Waals surface area contributed by atoms with Crippen LogP contribution in [0, 0.1) is 20.8 Å². The van der Waals surface area contributed by atoms with Crippen LogP contribution in [0.1, 0.15) is 27.8 Å². The Labute approximate surface area is 226 Å². The van der Waals surface area contributed by atoms with Gasteiger partial charge in [-0.05, 0) is 77.9 Å². The van der Waals surface area contributed by atoms with Gasteiger partial charge in [0.15, 0.2) is 0 Å². The van der Waals surface area contributed by atoms with Gasteiger partial charge in [-0.15, -0.1) is 0 Å². The van der Waals surface area contributed by atoms with Gasteiger partial charge in [0.25, 0.3) is 0 Å². The number of carboxylic acids is 1. The van der Waals surface area contributed by atoms with Gasteiger partial charge < -0.3 is 14.1 Å². The van der Waals surface area contributed by atoms with E-state index in [-0.39, 0.29) is 6.42 Å². The molecule has 1 aromatic heterocycles. The summed E-state index contributed by atoms with van der Waals surface area (Å²) < 4.78 is 8.33. The second kappa shape index (κ2) is 10.1. The van der Waals surface area contributed by atoms with Crippen LogP contribution in [-0.2, 0) is 17.8 Å². The molecule has 5 rings (SSSR count). The molecule has 2 heterocycles. The van der Waals surface area contributed by atoms with Crippen LogP contribution < -0.4 is 9.04 Å². The molecule has 37 heavy (non-hydrogen) atoms. The van der Waals surface area contributed by atoms with Crippen LogP contribution in [-0.4, -0.2) is 22.3 Å². The summed E-state index contributed by atoms with van der Waals surface area (Å²) in [6.07, 6.45) is 2.01. The van der Waals surface area contributed by atoms with Gasteiger partial charge in [0.05, 0.1) is 18.7 Å². The molecule has 0 aliphatic carbocycles. The number of hydrogen-bond acceptors (Lipinski definition) is 5. The van der Waals surface area contributed by atoms with Crippen molar-refractivity contribution in [3.63, 3.8) is 0 Å². The van der Waals surface area contributed by atoms with E-state index in [9.17, 15) is 9.90 Å². The van der Waals surface area contributed by atoms with Crippen molar-refractivity contribution in [3.8, 4) is 33.9 Å². The summed E-state index contributed by atoms with van der Waals surface area (Å²) in [6.45, 7) is 6.89. The van der Waals surface area contributed by atoms with Gasteiger partial charge in [-0.25, -0.2) is 4.98 Å². The van der Waals surface area contributed by atoms with Crippen molar-refractivity contribution in [2.24, 2.45) is 0 Å². The first kappa shape index (κ1) is 25.2.